The maximum Gasteiger partial charge on any atom is 0.230 e. The van der Waals surface area contributed by atoms with Gasteiger partial charge in [0.05, 0.1) is 11.8 Å². The number of aromatic nitrogens is 4. The highest BCUT2D eigenvalue weighted by Gasteiger charge is 2.17. The van der Waals surface area contributed by atoms with Crippen molar-refractivity contribution in [2.45, 2.75) is 38.0 Å². The molecule has 0 saturated heterocycles. The standard InChI is InChI=1S/C22H25N5OS/c1-4-14-27-21(18-10-12-23-13-11-18)25-26-22(27)29-15-20(28)24-19(5-2)17-8-6-16(3)7-9-17/h4,6-13,19H,1,5,14-15H2,2-3H3,(H,24,28). The summed E-state index contributed by atoms with van der Waals surface area (Å²) in [6.07, 6.45) is 6.07. The summed E-state index contributed by atoms with van der Waals surface area (Å²) in [4.78, 5) is 16.6. The first-order chi connectivity index (χ1) is 14.1. The second kappa shape index (κ2) is 10.0. The molecule has 7 heteroatoms. The van der Waals surface area contributed by atoms with Crippen molar-refractivity contribution >= 4 is 17.7 Å². The summed E-state index contributed by atoms with van der Waals surface area (Å²) in [7, 11) is 0. The van der Waals surface area contributed by atoms with Crippen LogP contribution in [0.3, 0.4) is 0 Å². The van der Waals surface area contributed by atoms with Crippen molar-refractivity contribution in [3.8, 4) is 11.4 Å². The van der Waals surface area contributed by atoms with Crippen LogP contribution in [0.15, 0.2) is 66.6 Å². The molecule has 0 aliphatic rings. The van der Waals surface area contributed by atoms with E-state index < -0.39 is 0 Å². The zero-order valence-corrected chi connectivity index (χ0v) is 17.5. The third-order valence-corrected chi connectivity index (χ3v) is 5.49. The summed E-state index contributed by atoms with van der Waals surface area (Å²) in [6, 6.07) is 12.0. The van der Waals surface area contributed by atoms with Gasteiger partial charge in [-0.15, -0.1) is 16.8 Å². The van der Waals surface area contributed by atoms with Gasteiger partial charge >= 0.3 is 0 Å². The zero-order valence-electron chi connectivity index (χ0n) is 16.7. The molecule has 0 aliphatic heterocycles. The number of hydrogen-bond acceptors (Lipinski definition) is 5. The van der Waals surface area contributed by atoms with Gasteiger partial charge in [-0.1, -0.05) is 54.6 Å². The van der Waals surface area contributed by atoms with E-state index in [4.69, 9.17) is 0 Å². The molecule has 0 aliphatic carbocycles. The highest BCUT2D eigenvalue weighted by Crippen LogP contribution is 2.24. The topological polar surface area (TPSA) is 72.7 Å². The second-order valence-electron chi connectivity index (χ2n) is 6.67. The van der Waals surface area contributed by atoms with Gasteiger partial charge in [-0.05, 0) is 31.0 Å². The van der Waals surface area contributed by atoms with Crippen molar-refractivity contribution in [1.29, 1.82) is 0 Å². The van der Waals surface area contributed by atoms with E-state index in [9.17, 15) is 4.79 Å². The zero-order chi connectivity index (χ0) is 20.6. The minimum atomic E-state index is -0.0268. The summed E-state index contributed by atoms with van der Waals surface area (Å²) in [5.41, 5.74) is 3.25. The highest BCUT2D eigenvalue weighted by molar-refractivity contribution is 7.99. The van der Waals surface area contributed by atoms with Crippen LogP contribution in [0.2, 0.25) is 0 Å². The van der Waals surface area contributed by atoms with Crippen LogP contribution in [0.1, 0.15) is 30.5 Å². The van der Waals surface area contributed by atoms with Gasteiger partial charge in [-0.2, -0.15) is 0 Å². The predicted molar refractivity (Wildman–Crippen MR) is 117 cm³/mol. The molecule has 29 heavy (non-hydrogen) atoms. The molecule has 0 saturated carbocycles. The van der Waals surface area contributed by atoms with E-state index in [1.165, 1.54) is 17.3 Å². The Balaban J connectivity index is 1.67. The van der Waals surface area contributed by atoms with Crippen molar-refractivity contribution in [3.05, 3.63) is 72.6 Å². The molecule has 0 fully saturated rings. The number of allylic oxidation sites excluding steroid dienone is 1. The van der Waals surface area contributed by atoms with Crippen LogP contribution in [-0.2, 0) is 11.3 Å². The fraction of sp³-hybridized carbons (Fsp3) is 0.273. The van der Waals surface area contributed by atoms with Gasteiger partial charge in [0.15, 0.2) is 11.0 Å². The molecular weight excluding hydrogens is 382 g/mol. The SMILES string of the molecule is C=CCn1c(SCC(=O)NC(CC)c2ccc(C)cc2)nnc1-c1ccncc1. The average molecular weight is 408 g/mol. The van der Waals surface area contributed by atoms with Crippen molar-refractivity contribution in [3.63, 3.8) is 0 Å². The number of nitrogens with one attached hydrogen (secondary N) is 1. The van der Waals surface area contributed by atoms with E-state index in [2.05, 4.69) is 65.2 Å². The lowest BCUT2D eigenvalue weighted by molar-refractivity contribution is -0.119. The molecule has 3 aromatic rings. The molecule has 150 valence electrons. The third-order valence-electron chi connectivity index (χ3n) is 4.52. The van der Waals surface area contributed by atoms with Crippen LogP contribution in [0.4, 0.5) is 0 Å². The number of benzene rings is 1. The molecule has 0 radical (unpaired) electrons. The summed E-state index contributed by atoms with van der Waals surface area (Å²) in [6.45, 7) is 8.51. The number of hydrogen-bond donors (Lipinski definition) is 1. The Morgan fingerprint density at radius 1 is 1.21 bits per heavy atom. The molecule has 3 rings (SSSR count). The molecule has 1 atom stereocenters. The number of thioether (sulfide) groups is 1. The first kappa shape index (κ1) is 20.8. The molecule has 2 heterocycles. The van der Waals surface area contributed by atoms with E-state index in [1.807, 2.05) is 16.7 Å². The van der Waals surface area contributed by atoms with Crippen molar-refractivity contribution < 1.29 is 4.79 Å². The van der Waals surface area contributed by atoms with Crippen LogP contribution in [0, 0.1) is 6.92 Å². The molecular formula is C22H25N5OS. The predicted octanol–water partition coefficient (Wildman–Crippen LogP) is 4.19. The van der Waals surface area contributed by atoms with Gasteiger partial charge in [0.2, 0.25) is 5.91 Å². The Morgan fingerprint density at radius 3 is 2.59 bits per heavy atom. The first-order valence-electron chi connectivity index (χ1n) is 9.55. The molecule has 2 aromatic heterocycles. The lowest BCUT2D eigenvalue weighted by Crippen LogP contribution is -2.29. The van der Waals surface area contributed by atoms with Crippen LogP contribution in [0.5, 0.6) is 0 Å². The molecule has 0 spiro atoms. The van der Waals surface area contributed by atoms with Crippen LogP contribution < -0.4 is 5.32 Å². The molecule has 1 unspecified atom stereocenters. The van der Waals surface area contributed by atoms with Crippen LogP contribution in [-0.4, -0.2) is 31.4 Å². The third kappa shape index (κ3) is 5.32. The van der Waals surface area contributed by atoms with Crippen LogP contribution in [0.25, 0.3) is 11.4 Å². The molecule has 1 amide bonds. The number of aryl methyl sites for hydroxylation is 1. The summed E-state index contributed by atoms with van der Waals surface area (Å²) >= 11 is 1.37. The van der Waals surface area contributed by atoms with Gasteiger partial charge in [-0.3, -0.25) is 14.3 Å². The Labute approximate surface area is 175 Å². The number of carbonyl (C=O) groups excluding carboxylic acids is 1. The second-order valence-corrected chi connectivity index (χ2v) is 7.61. The quantitative estimate of drug-likeness (QED) is 0.425. The Morgan fingerprint density at radius 2 is 1.93 bits per heavy atom. The lowest BCUT2D eigenvalue weighted by Gasteiger charge is -2.17. The fourth-order valence-electron chi connectivity index (χ4n) is 2.99. The molecule has 0 bridgehead atoms. The summed E-state index contributed by atoms with van der Waals surface area (Å²) < 4.78 is 1.96. The number of pyridine rings is 1. The molecule has 1 aromatic carbocycles. The number of rotatable bonds is 9. The largest absolute Gasteiger partial charge is 0.349 e. The Bertz CT molecular complexity index is 953. The Kier molecular flexibility index (Phi) is 7.19. The lowest BCUT2D eigenvalue weighted by atomic mass is 10.0. The van der Waals surface area contributed by atoms with Crippen molar-refractivity contribution in [2.75, 3.05) is 5.75 Å². The number of amides is 1. The first-order valence-corrected chi connectivity index (χ1v) is 10.5. The molecule has 6 nitrogen and oxygen atoms in total. The van der Waals surface area contributed by atoms with Crippen LogP contribution >= 0.6 is 11.8 Å². The van der Waals surface area contributed by atoms with E-state index in [0.717, 1.165) is 23.4 Å². The fourth-order valence-corrected chi connectivity index (χ4v) is 3.75. The Hall–Kier alpha value is -2.93. The average Bonchev–Trinajstić information content (AvgIpc) is 3.15. The van der Waals surface area contributed by atoms with Gasteiger partial charge in [0.1, 0.15) is 0 Å². The number of carbonyl (C=O) groups is 1. The van der Waals surface area contributed by atoms with Gasteiger partial charge in [-0.25, -0.2) is 0 Å². The normalized spacial score (nSPS) is 11.8. The minimum absolute atomic E-state index is 0.00197. The monoisotopic (exact) mass is 407 g/mol. The van der Waals surface area contributed by atoms with E-state index >= 15 is 0 Å². The molecule has 1 N–H and O–H groups in total. The van der Waals surface area contributed by atoms with E-state index in [1.54, 1.807) is 18.5 Å². The van der Waals surface area contributed by atoms with E-state index in [-0.39, 0.29) is 17.7 Å². The smallest absolute Gasteiger partial charge is 0.230 e. The van der Waals surface area contributed by atoms with Gasteiger partial charge in [0.25, 0.3) is 0 Å². The minimum Gasteiger partial charge on any atom is -0.349 e. The highest BCUT2D eigenvalue weighted by atomic mass is 32.2. The van der Waals surface area contributed by atoms with Crippen molar-refractivity contribution in [2.24, 2.45) is 0 Å². The van der Waals surface area contributed by atoms with Gasteiger partial charge < -0.3 is 5.32 Å². The number of nitrogens with zero attached hydrogens (tertiary/aromatic N) is 4. The maximum atomic E-state index is 12.6. The van der Waals surface area contributed by atoms with Gasteiger partial charge in [0, 0.05) is 24.5 Å². The maximum absolute atomic E-state index is 12.6. The van der Waals surface area contributed by atoms with Crippen molar-refractivity contribution in [1.82, 2.24) is 25.1 Å². The van der Waals surface area contributed by atoms with E-state index in [0.29, 0.717) is 11.7 Å². The summed E-state index contributed by atoms with van der Waals surface area (Å²) in [5.74, 6) is 0.982. The summed E-state index contributed by atoms with van der Waals surface area (Å²) in [5, 5.41) is 12.4.